The van der Waals surface area contributed by atoms with Crippen LogP contribution >= 0.6 is 0 Å². The molecule has 1 aliphatic rings. The number of benzene rings is 2. The van der Waals surface area contributed by atoms with Crippen molar-refractivity contribution in [2.45, 2.75) is 69.8 Å². The number of halogens is 5. The third-order valence-corrected chi connectivity index (χ3v) is 7.13. The minimum absolute atomic E-state index is 0.0548. The average Bonchev–Trinajstić information content (AvgIpc) is 2.85. The first-order valence-electron chi connectivity index (χ1n) is 12.8. The lowest BCUT2D eigenvalue weighted by molar-refractivity contribution is -0.187. The van der Waals surface area contributed by atoms with Gasteiger partial charge in [-0.05, 0) is 54.0 Å². The molecule has 2 atom stereocenters. The van der Waals surface area contributed by atoms with Gasteiger partial charge >= 0.3 is 12.1 Å². The van der Waals surface area contributed by atoms with Gasteiger partial charge in [0, 0.05) is 38.2 Å². The zero-order valence-corrected chi connectivity index (χ0v) is 22.1. The van der Waals surface area contributed by atoms with Crippen LogP contribution in [0.25, 0.3) is 0 Å². The maximum absolute atomic E-state index is 13.7. The van der Waals surface area contributed by atoms with Crippen LogP contribution in [0.4, 0.5) is 22.0 Å². The molecular weight excluding hydrogens is 521 g/mol. The van der Waals surface area contributed by atoms with Crippen molar-refractivity contribution in [2.75, 3.05) is 19.6 Å². The smallest absolute Gasteiger partial charge is 0.390 e. The van der Waals surface area contributed by atoms with Gasteiger partial charge in [0.15, 0.2) is 0 Å². The number of carbonyl (C=O) groups excluding carboxylic acids is 2. The van der Waals surface area contributed by atoms with Gasteiger partial charge in [-0.3, -0.25) is 9.59 Å². The number of aliphatic hydroxyl groups is 1. The third-order valence-electron chi connectivity index (χ3n) is 7.13. The molecule has 2 amide bonds. The number of piperidine rings is 1. The first kappa shape index (κ1) is 30.5. The summed E-state index contributed by atoms with van der Waals surface area (Å²) in [4.78, 5) is 24.5. The molecule has 3 N–H and O–H groups in total. The van der Waals surface area contributed by atoms with Crippen molar-refractivity contribution in [3.63, 3.8) is 0 Å². The Morgan fingerprint density at radius 2 is 1.67 bits per heavy atom. The van der Waals surface area contributed by atoms with E-state index in [1.54, 1.807) is 0 Å². The van der Waals surface area contributed by atoms with Crippen LogP contribution in [0.3, 0.4) is 0 Å². The summed E-state index contributed by atoms with van der Waals surface area (Å²) < 4.78 is 66.6. The van der Waals surface area contributed by atoms with Gasteiger partial charge in [0.25, 0.3) is 0 Å². The Morgan fingerprint density at radius 3 is 2.21 bits per heavy atom. The fourth-order valence-corrected chi connectivity index (χ4v) is 5.00. The largest absolute Gasteiger partial charge is 0.471 e. The van der Waals surface area contributed by atoms with E-state index in [1.807, 2.05) is 38.1 Å². The van der Waals surface area contributed by atoms with Crippen LogP contribution in [-0.2, 0) is 21.5 Å². The Hall–Kier alpha value is -3.05. The SMILES string of the molecule is CC(=O)N[C@@H](Cc1cc(F)cc(F)c1)[C@@H](O)CNC1(c2cccc(C(C)C)c2)CCN(C(=O)C(F)(F)F)CC1. The number of rotatable bonds is 9. The quantitative estimate of drug-likeness (QED) is 0.406. The zero-order valence-electron chi connectivity index (χ0n) is 22.1. The van der Waals surface area contributed by atoms with Gasteiger partial charge in [0.05, 0.1) is 12.1 Å². The number of nitrogens with zero attached hydrogens (tertiary/aromatic N) is 1. The summed E-state index contributed by atoms with van der Waals surface area (Å²) in [5.41, 5.74) is 1.21. The average molecular weight is 556 g/mol. The summed E-state index contributed by atoms with van der Waals surface area (Å²) in [6.07, 6.45) is -5.92. The normalized spacial score (nSPS) is 17.1. The predicted molar refractivity (Wildman–Crippen MR) is 136 cm³/mol. The Bertz CT molecular complexity index is 1140. The summed E-state index contributed by atoms with van der Waals surface area (Å²) >= 11 is 0. The summed E-state index contributed by atoms with van der Waals surface area (Å²) in [7, 11) is 0. The van der Waals surface area contributed by atoms with Crippen molar-refractivity contribution in [2.24, 2.45) is 0 Å². The number of aliphatic hydroxyl groups excluding tert-OH is 1. The van der Waals surface area contributed by atoms with Gasteiger partial charge in [-0.25, -0.2) is 8.78 Å². The maximum Gasteiger partial charge on any atom is 0.471 e. The maximum atomic E-state index is 13.7. The van der Waals surface area contributed by atoms with Crippen molar-refractivity contribution in [1.29, 1.82) is 0 Å². The second kappa shape index (κ2) is 12.4. The molecule has 1 saturated heterocycles. The highest BCUT2D eigenvalue weighted by molar-refractivity contribution is 5.82. The van der Waals surface area contributed by atoms with E-state index in [1.165, 1.54) is 6.92 Å². The summed E-state index contributed by atoms with van der Waals surface area (Å²) in [5.74, 6) is -3.73. The molecule has 1 aliphatic heterocycles. The Kier molecular flexibility index (Phi) is 9.71. The molecular formula is C28H34F5N3O3. The van der Waals surface area contributed by atoms with E-state index in [9.17, 15) is 36.6 Å². The van der Waals surface area contributed by atoms with Gasteiger partial charge in [0.2, 0.25) is 5.91 Å². The molecule has 1 heterocycles. The number of likely N-dealkylation sites (tertiary alicyclic amines) is 1. The molecule has 39 heavy (non-hydrogen) atoms. The highest BCUT2D eigenvalue weighted by Gasteiger charge is 2.46. The lowest BCUT2D eigenvalue weighted by atomic mass is 9.79. The summed E-state index contributed by atoms with van der Waals surface area (Å²) in [6, 6.07) is 9.68. The minimum atomic E-state index is -4.97. The predicted octanol–water partition coefficient (Wildman–Crippen LogP) is 4.17. The number of alkyl halides is 3. The second-order valence-electron chi connectivity index (χ2n) is 10.4. The molecule has 0 unspecified atom stereocenters. The van der Waals surface area contributed by atoms with Gasteiger partial charge < -0.3 is 20.6 Å². The molecule has 2 aromatic carbocycles. The molecule has 0 aromatic heterocycles. The van der Waals surface area contributed by atoms with E-state index >= 15 is 0 Å². The van der Waals surface area contributed by atoms with E-state index in [0.29, 0.717) is 0 Å². The van der Waals surface area contributed by atoms with E-state index in [-0.39, 0.29) is 50.4 Å². The molecule has 0 radical (unpaired) electrons. The van der Waals surface area contributed by atoms with Gasteiger partial charge in [0.1, 0.15) is 11.6 Å². The van der Waals surface area contributed by atoms with Crippen molar-refractivity contribution in [3.05, 3.63) is 70.8 Å². The standard InChI is InChI=1S/C28H34F5N3O3/c1-17(2)20-5-4-6-21(14-20)27(7-9-36(10-8-27)26(39)28(31,32)33)34-16-25(38)24(35-18(3)37)13-19-11-22(29)15-23(30)12-19/h4-6,11-12,14-15,17,24-25,34,38H,7-10,13,16H2,1-3H3,(H,35,37)/t24-,25-/m0/s1. The van der Waals surface area contributed by atoms with Crippen LogP contribution in [0.2, 0.25) is 0 Å². The monoisotopic (exact) mass is 555 g/mol. The highest BCUT2D eigenvalue weighted by atomic mass is 19.4. The lowest BCUT2D eigenvalue weighted by Gasteiger charge is -2.44. The summed E-state index contributed by atoms with van der Waals surface area (Å²) in [5, 5.41) is 17.0. The molecule has 2 aromatic rings. The van der Waals surface area contributed by atoms with E-state index in [4.69, 9.17) is 0 Å². The Labute approximate surface area is 224 Å². The van der Waals surface area contributed by atoms with Crippen LogP contribution in [0, 0.1) is 11.6 Å². The van der Waals surface area contributed by atoms with Crippen LogP contribution in [-0.4, -0.2) is 59.8 Å². The van der Waals surface area contributed by atoms with Crippen LogP contribution in [0.5, 0.6) is 0 Å². The van der Waals surface area contributed by atoms with Crippen molar-refractivity contribution >= 4 is 11.8 Å². The molecule has 11 heteroatoms. The molecule has 1 fully saturated rings. The number of hydrogen-bond donors (Lipinski definition) is 3. The third kappa shape index (κ3) is 7.98. The topological polar surface area (TPSA) is 81.7 Å². The van der Waals surface area contributed by atoms with E-state index in [0.717, 1.165) is 34.2 Å². The van der Waals surface area contributed by atoms with Crippen molar-refractivity contribution < 1.29 is 36.6 Å². The zero-order chi connectivity index (χ0) is 29.0. The van der Waals surface area contributed by atoms with Crippen molar-refractivity contribution in [1.82, 2.24) is 15.5 Å². The highest BCUT2D eigenvalue weighted by Crippen LogP contribution is 2.36. The number of nitrogens with one attached hydrogen (secondary N) is 2. The van der Waals surface area contributed by atoms with Gasteiger partial charge in [-0.15, -0.1) is 0 Å². The fourth-order valence-electron chi connectivity index (χ4n) is 5.00. The molecule has 0 spiro atoms. The first-order valence-corrected chi connectivity index (χ1v) is 12.8. The molecule has 3 rings (SSSR count). The molecule has 6 nitrogen and oxygen atoms in total. The van der Waals surface area contributed by atoms with Crippen LogP contribution in [0.1, 0.15) is 56.2 Å². The summed E-state index contributed by atoms with van der Waals surface area (Å²) in [6.45, 7) is 4.91. The fraction of sp³-hybridized carbons (Fsp3) is 0.500. The number of hydrogen-bond acceptors (Lipinski definition) is 4. The van der Waals surface area contributed by atoms with Gasteiger partial charge in [-0.1, -0.05) is 38.1 Å². The van der Waals surface area contributed by atoms with Crippen LogP contribution < -0.4 is 10.6 Å². The molecule has 0 bridgehead atoms. The van der Waals surface area contributed by atoms with E-state index in [2.05, 4.69) is 10.6 Å². The Morgan fingerprint density at radius 1 is 1.05 bits per heavy atom. The van der Waals surface area contributed by atoms with Crippen LogP contribution in [0.15, 0.2) is 42.5 Å². The lowest BCUT2D eigenvalue weighted by Crippen LogP contribution is -2.57. The molecule has 214 valence electrons. The first-order chi connectivity index (χ1) is 18.2. The second-order valence-corrected chi connectivity index (χ2v) is 10.4. The number of amides is 2. The molecule has 0 saturated carbocycles. The number of carbonyl (C=O) groups is 2. The van der Waals surface area contributed by atoms with Gasteiger partial charge in [-0.2, -0.15) is 13.2 Å². The Balaban J connectivity index is 1.84. The van der Waals surface area contributed by atoms with E-state index < -0.39 is 47.3 Å². The molecule has 0 aliphatic carbocycles. The minimum Gasteiger partial charge on any atom is -0.390 e. The van der Waals surface area contributed by atoms with Crippen molar-refractivity contribution in [3.8, 4) is 0 Å².